The fraction of sp³-hybridized carbons (Fsp3) is 0.333. The SMILES string of the molecule is CC(C)CCc1c(S(=O)(=O)O)ccc2ccccc12. The normalized spacial score (nSPS) is 12.2. The van der Waals surface area contributed by atoms with E-state index >= 15 is 0 Å². The minimum Gasteiger partial charge on any atom is -0.282 e. The average Bonchev–Trinajstić information content (AvgIpc) is 2.34. The number of benzene rings is 2. The summed E-state index contributed by atoms with van der Waals surface area (Å²) in [5.74, 6) is 0.480. The number of hydrogen-bond acceptors (Lipinski definition) is 2. The lowest BCUT2D eigenvalue weighted by molar-refractivity contribution is 0.481. The van der Waals surface area contributed by atoms with Gasteiger partial charge in [-0.2, -0.15) is 8.42 Å². The van der Waals surface area contributed by atoms with E-state index in [9.17, 15) is 13.0 Å². The summed E-state index contributed by atoms with van der Waals surface area (Å²) in [4.78, 5) is 0.0341. The molecule has 19 heavy (non-hydrogen) atoms. The third-order valence-electron chi connectivity index (χ3n) is 3.25. The summed E-state index contributed by atoms with van der Waals surface area (Å²) in [5.41, 5.74) is 0.717. The Morgan fingerprint density at radius 3 is 2.42 bits per heavy atom. The molecule has 4 heteroatoms. The Labute approximate surface area is 114 Å². The molecule has 0 aromatic heterocycles. The summed E-state index contributed by atoms with van der Waals surface area (Å²) < 4.78 is 32.4. The standard InChI is InChI=1S/C15H18O3S/c1-11(2)7-9-14-13-6-4-3-5-12(13)8-10-15(14)19(16,17)18/h3-6,8,10-11H,7,9H2,1-2H3,(H,16,17,18). The molecule has 0 bridgehead atoms. The van der Waals surface area contributed by atoms with Gasteiger partial charge in [0, 0.05) is 0 Å². The Kier molecular flexibility index (Phi) is 3.92. The van der Waals surface area contributed by atoms with Crippen molar-refractivity contribution < 1.29 is 13.0 Å². The van der Waals surface area contributed by atoms with Crippen LogP contribution >= 0.6 is 0 Å². The second kappa shape index (κ2) is 5.31. The second-order valence-corrected chi connectivity index (χ2v) is 6.56. The molecule has 0 aliphatic rings. The molecule has 0 aliphatic heterocycles. The monoisotopic (exact) mass is 278 g/mol. The van der Waals surface area contributed by atoms with E-state index in [-0.39, 0.29) is 4.90 Å². The zero-order chi connectivity index (χ0) is 14.0. The minimum absolute atomic E-state index is 0.0341. The van der Waals surface area contributed by atoms with E-state index in [4.69, 9.17) is 0 Å². The molecule has 2 aromatic rings. The van der Waals surface area contributed by atoms with Crippen LogP contribution in [0.2, 0.25) is 0 Å². The van der Waals surface area contributed by atoms with E-state index in [0.717, 1.165) is 17.2 Å². The van der Waals surface area contributed by atoms with Gasteiger partial charge in [-0.15, -0.1) is 0 Å². The molecule has 0 heterocycles. The van der Waals surface area contributed by atoms with Gasteiger partial charge in [-0.1, -0.05) is 44.2 Å². The van der Waals surface area contributed by atoms with Crippen LogP contribution in [0, 0.1) is 5.92 Å². The van der Waals surface area contributed by atoms with Crippen molar-refractivity contribution in [1.29, 1.82) is 0 Å². The zero-order valence-electron chi connectivity index (χ0n) is 11.1. The molecule has 0 amide bonds. The van der Waals surface area contributed by atoms with Gasteiger partial charge in [0.2, 0.25) is 0 Å². The zero-order valence-corrected chi connectivity index (χ0v) is 11.9. The van der Waals surface area contributed by atoms with E-state index in [0.29, 0.717) is 17.9 Å². The van der Waals surface area contributed by atoms with Gasteiger partial charge in [-0.25, -0.2) is 0 Å². The van der Waals surface area contributed by atoms with Crippen LogP contribution in [0.5, 0.6) is 0 Å². The van der Waals surface area contributed by atoms with Crippen molar-refractivity contribution in [3.8, 4) is 0 Å². The first-order valence-electron chi connectivity index (χ1n) is 6.37. The molecule has 0 saturated heterocycles. The van der Waals surface area contributed by atoms with Crippen molar-refractivity contribution in [2.75, 3.05) is 0 Å². The molecule has 0 radical (unpaired) electrons. The van der Waals surface area contributed by atoms with Crippen molar-refractivity contribution >= 4 is 20.9 Å². The van der Waals surface area contributed by atoms with Crippen LogP contribution in [-0.4, -0.2) is 13.0 Å². The first-order valence-corrected chi connectivity index (χ1v) is 7.81. The molecule has 2 rings (SSSR count). The highest BCUT2D eigenvalue weighted by molar-refractivity contribution is 7.85. The van der Waals surface area contributed by atoms with Crippen LogP contribution in [-0.2, 0) is 16.5 Å². The van der Waals surface area contributed by atoms with Crippen LogP contribution < -0.4 is 0 Å². The van der Waals surface area contributed by atoms with Gasteiger partial charge in [0.15, 0.2) is 0 Å². The summed E-state index contributed by atoms with van der Waals surface area (Å²) in [6.45, 7) is 4.19. The Balaban J connectivity index is 2.65. The maximum absolute atomic E-state index is 11.5. The van der Waals surface area contributed by atoms with Gasteiger partial charge < -0.3 is 0 Å². The molecule has 102 valence electrons. The number of aryl methyl sites for hydroxylation is 1. The largest absolute Gasteiger partial charge is 0.294 e. The first kappa shape index (κ1) is 14.0. The van der Waals surface area contributed by atoms with Crippen LogP contribution in [0.4, 0.5) is 0 Å². The third kappa shape index (κ3) is 3.14. The van der Waals surface area contributed by atoms with E-state index < -0.39 is 10.1 Å². The van der Waals surface area contributed by atoms with Gasteiger partial charge in [0.05, 0.1) is 4.90 Å². The maximum atomic E-state index is 11.5. The molecule has 0 unspecified atom stereocenters. The van der Waals surface area contributed by atoms with Gasteiger partial charge in [-0.3, -0.25) is 4.55 Å². The lowest BCUT2D eigenvalue weighted by Crippen LogP contribution is -2.05. The average molecular weight is 278 g/mol. The molecule has 0 spiro atoms. The quantitative estimate of drug-likeness (QED) is 0.868. The molecular weight excluding hydrogens is 260 g/mol. The van der Waals surface area contributed by atoms with Crippen LogP contribution in [0.3, 0.4) is 0 Å². The lowest BCUT2D eigenvalue weighted by atomic mass is 9.97. The highest BCUT2D eigenvalue weighted by Gasteiger charge is 2.17. The molecule has 0 fully saturated rings. The second-order valence-electron chi connectivity index (χ2n) is 5.17. The van der Waals surface area contributed by atoms with Gasteiger partial charge in [-0.05, 0) is 41.2 Å². The van der Waals surface area contributed by atoms with Gasteiger partial charge in [0.25, 0.3) is 10.1 Å². The molecule has 0 atom stereocenters. The van der Waals surface area contributed by atoms with Crippen molar-refractivity contribution in [2.24, 2.45) is 5.92 Å². The Morgan fingerprint density at radius 2 is 1.79 bits per heavy atom. The lowest BCUT2D eigenvalue weighted by Gasteiger charge is -2.12. The van der Waals surface area contributed by atoms with E-state index in [1.165, 1.54) is 6.07 Å². The molecule has 1 N–H and O–H groups in total. The first-order chi connectivity index (χ1) is 8.89. The van der Waals surface area contributed by atoms with Gasteiger partial charge in [0.1, 0.15) is 0 Å². The molecular formula is C15H18O3S. The van der Waals surface area contributed by atoms with Crippen LogP contribution in [0.1, 0.15) is 25.8 Å². The summed E-state index contributed by atoms with van der Waals surface area (Å²) in [5, 5.41) is 1.90. The van der Waals surface area contributed by atoms with Crippen molar-refractivity contribution in [3.05, 3.63) is 42.0 Å². The fourth-order valence-corrected chi connectivity index (χ4v) is 3.01. The maximum Gasteiger partial charge on any atom is 0.294 e. The minimum atomic E-state index is -4.17. The van der Waals surface area contributed by atoms with Crippen molar-refractivity contribution in [1.82, 2.24) is 0 Å². The molecule has 0 aliphatic carbocycles. The fourth-order valence-electron chi connectivity index (χ4n) is 2.25. The highest BCUT2D eigenvalue weighted by atomic mass is 32.2. The highest BCUT2D eigenvalue weighted by Crippen LogP contribution is 2.27. The van der Waals surface area contributed by atoms with Crippen molar-refractivity contribution in [2.45, 2.75) is 31.6 Å². The molecule has 3 nitrogen and oxygen atoms in total. The van der Waals surface area contributed by atoms with Gasteiger partial charge >= 0.3 is 0 Å². The predicted molar refractivity (Wildman–Crippen MR) is 76.9 cm³/mol. The number of fused-ring (bicyclic) bond motifs is 1. The summed E-state index contributed by atoms with van der Waals surface area (Å²) >= 11 is 0. The topological polar surface area (TPSA) is 54.4 Å². The molecule has 0 saturated carbocycles. The van der Waals surface area contributed by atoms with E-state index in [1.54, 1.807) is 6.07 Å². The number of rotatable bonds is 4. The van der Waals surface area contributed by atoms with Crippen molar-refractivity contribution in [3.63, 3.8) is 0 Å². The summed E-state index contributed by atoms with van der Waals surface area (Å²) in [6, 6.07) is 10.9. The smallest absolute Gasteiger partial charge is 0.282 e. The van der Waals surface area contributed by atoms with Crippen LogP contribution in [0.25, 0.3) is 10.8 Å². The van der Waals surface area contributed by atoms with Crippen LogP contribution in [0.15, 0.2) is 41.3 Å². The Bertz CT molecular complexity index is 688. The number of hydrogen-bond donors (Lipinski definition) is 1. The predicted octanol–water partition coefficient (Wildman–Crippen LogP) is 3.68. The Hall–Kier alpha value is -1.39. The van der Waals surface area contributed by atoms with E-state index in [2.05, 4.69) is 13.8 Å². The third-order valence-corrected chi connectivity index (χ3v) is 4.19. The van der Waals surface area contributed by atoms with E-state index in [1.807, 2.05) is 24.3 Å². The summed E-state index contributed by atoms with van der Waals surface area (Å²) in [7, 11) is -4.17. The Morgan fingerprint density at radius 1 is 1.11 bits per heavy atom. The summed E-state index contributed by atoms with van der Waals surface area (Å²) in [6.07, 6.45) is 1.53. The molecule has 2 aromatic carbocycles.